The van der Waals surface area contributed by atoms with Crippen LogP contribution in [0.25, 0.3) is 0 Å². The third-order valence-corrected chi connectivity index (χ3v) is 5.95. The van der Waals surface area contributed by atoms with Crippen molar-refractivity contribution in [2.24, 2.45) is 0 Å². The second-order valence-corrected chi connectivity index (χ2v) is 7.72. The largest absolute Gasteiger partial charge is 0.493 e. The molecule has 0 N–H and O–H groups in total. The zero-order chi connectivity index (χ0) is 19.7. The van der Waals surface area contributed by atoms with Gasteiger partial charge >= 0.3 is 0 Å². The Bertz CT molecular complexity index is 894. The molecule has 0 spiro atoms. The molecule has 0 radical (unpaired) electrons. The minimum Gasteiger partial charge on any atom is -0.493 e. The van der Waals surface area contributed by atoms with E-state index in [1.807, 2.05) is 35.2 Å². The highest BCUT2D eigenvalue weighted by atomic mass is 35.5. The average Bonchev–Trinajstić information content (AvgIpc) is 3.26. The van der Waals surface area contributed by atoms with Crippen molar-refractivity contribution in [1.29, 1.82) is 0 Å². The van der Waals surface area contributed by atoms with Crippen molar-refractivity contribution < 1.29 is 14.3 Å². The molecule has 6 heteroatoms. The van der Waals surface area contributed by atoms with Crippen LogP contribution in [0.2, 0.25) is 5.02 Å². The zero-order valence-corrected chi connectivity index (χ0v) is 17.1. The van der Waals surface area contributed by atoms with Crippen LogP contribution in [0.3, 0.4) is 0 Å². The van der Waals surface area contributed by atoms with Crippen molar-refractivity contribution in [2.45, 2.75) is 25.8 Å². The topological polar surface area (TPSA) is 42.0 Å². The number of fused-ring (bicyclic) bond motifs is 1. The van der Waals surface area contributed by atoms with Crippen LogP contribution < -0.4 is 14.4 Å². The first-order valence-corrected chi connectivity index (χ1v) is 10.1. The normalized spacial score (nSPS) is 16.1. The molecule has 5 nitrogen and oxygen atoms in total. The standard InChI is InChI=1S/C22H25ClN2O3/c1-27-20-12-15-7-10-25(14-17(15)13-21(20)28-2)22(26)16-5-6-19(18(23)11-16)24-8-3-4-9-24/h5-6,11-13H,3-4,7-10,14H2,1-2H3. The summed E-state index contributed by atoms with van der Waals surface area (Å²) in [6, 6.07) is 9.66. The van der Waals surface area contributed by atoms with Crippen molar-refractivity contribution >= 4 is 23.2 Å². The molecule has 0 aromatic heterocycles. The summed E-state index contributed by atoms with van der Waals surface area (Å²) >= 11 is 6.50. The highest BCUT2D eigenvalue weighted by Crippen LogP contribution is 2.34. The number of carbonyl (C=O) groups is 1. The fourth-order valence-electron chi connectivity index (χ4n) is 4.09. The van der Waals surface area contributed by atoms with Crippen LogP contribution >= 0.6 is 11.6 Å². The van der Waals surface area contributed by atoms with Crippen LogP contribution in [-0.2, 0) is 13.0 Å². The molecular weight excluding hydrogens is 376 g/mol. The maximum absolute atomic E-state index is 13.1. The smallest absolute Gasteiger partial charge is 0.254 e. The molecule has 1 fully saturated rings. The van der Waals surface area contributed by atoms with Crippen LogP contribution in [0, 0.1) is 0 Å². The molecule has 4 rings (SSSR count). The Balaban J connectivity index is 1.54. The Labute approximate surface area is 170 Å². The summed E-state index contributed by atoms with van der Waals surface area (Å²) in [4.78, 5) is 17.2. The molecule has 2 aromatic carbocycles. The molecule has 1 amide bonds. The molecule has 0 atom stereocenters. The Morgan fingerprint density at radius 2 is 1.64 bits per heavy atom. The lowest BCUT2D eigenvalue weighted by molar-refractivity contribution is 0.0734. The van der Waals surface area contributed by atoms with E-state index in [2.05, 4.69) is 4.90 Å². The maximum Gasteiger partial charge on any atom is 0.254 e. The van der Waals surface area contributed by atoms with Gasteiger partial charge in [0.2, 0.25) is 0 Å². The van der Waals surface area contributed by atoms with Crippen molar-refractivity contribution in [3.05, 3.63) is 52.0 Å². The number of amides is 1. The van der Waals surface area contributed by atoms with E-state index in [9.17, 15) is 4.79 Å². The SMILES string of the molecule is COc1cc2c(cc1OC)CN(C(=O)c1ccc(N3CCCC3)c(Cl)c1)CC2. The number of benzene rings is 2. The summed E-state index contributed by atoms with van der Waals surface area (Å²) < 4.78 is 10.8. The van der Waals surface area contributed by atoms with Gasteiger partial charge in [0.15, 0.2) is 11.5 Å². The molecule has 2 aliphatic rings. The van der Waals surface area contributed by atoms with E-state index in [0.29, 0.717) is 29.4 Å². The molecule has 28 heavy (non-hydrogen) atoms. The summed E-state index contributed by atoms with van der Waals surface area (Å²) in [5, 5.41) is 0.650. The zero-order valence-electron chi connectivity index (χ0n) is 16.3. The maximum atomic E-state index is 13.1. The number of nitrogens with zero attached hydrogens (tertiary/aromatic N) is 2. The van der Waals surface area contributed by atoms with Gasteiger partial charge in [-0.3, -0.25) is 4.79 Å². The number of anilines is 1. The minimum atomic E-state index is 0.00954. The number of carbonyl (C=O) groups excluding carboxylic acids is 1. The number of methoxy groups -OCH3 is 2. The van der Waals surface area contributed by atoms with Gasteiger partial charge < -0.3 is 19.3 Å². The molecule has 148 valence electrons. The first kappa shape index (κ1) is 18.9. The molecule has 1 saturated heterocycles. The van der Waals surface area contributed by atoms with E-state index >= 15 is 0 Å². The van der Waals surface area contributed by atoms with Gasteiger partial charge in [0.25, 0.3) is 5.91 Å². The number of halogens is 1. The van der Waals surface area contributed by atoms with Crippen molar-refractivity contribution in [2.75, 3.05) is 38.8 Å². The van der Waals surface area contributed by atoms with Gasteiger partial charge in [0.05, 0.1) is 24.9 Å². The third-order valence-electron chi connectivity index (χ3n) is 5.65. The summed E-state index contributed by atoms with van der Waals surface area (Å²) in [7, 11) is 3.26. The van der Waals surface area contributed by atoms with Gasteiger partial charge in [-0.05, 0) is 60.7 Å². The van der Waals surface area contributed by atoms with E-state index < -0.39 is 0 Å². The molecule has 0 aliphatic carbocycles. The average molecular weight is 401 g/mol. The summed E-state index contributed by atoms with van der Waals surface area (Å²) in [6.45, 7) is 3.29. The fraction of sp³-hybridized carbons (Fsp3) is 0.409. The van der Waals surface area contributed by atoms with Crippen LogP contribution in [0.4, 0.5) is 5.69 Å². The highest BCUT2D eigenvalue weighted by molar-refractivity contribution is 6.33. The molecular formula is C22H25ClN2O3. The quantitative estimate of drug-likeness (QED) is 0.773. The first-order valence-electron chi connectivity index (χ1n) is 9.68. The predicted octanol–water partition coefficient (Wildman–Crippen LogP) is 4.16. The van der Waals surface area contributed by atoms with Crippen LogP contribution in [0.5, 0.6) is 11.5 Å². The van der Waals surface area contributed by atoms with Gasteiger partial charge in [-0.2, -0.15) is 0 Å². The Morgan fingerprint density at radius 3 is 2.29 bits per heavy atom. The van der Waals surface area contributed by atoms with E-state index in [0.717, 1.165) is 36.5 Å². The second-order valence-electron chi connectivity index (χ2n) is 7.31. The lowest BCUT2D eigenvalue weighted by Gasteiger charge is -2.30. The van der Waals surface area contributed by atoms with Gasteiger partial charge in [-0.1, -0.05) is 11.6 Å². The first-order chi connectivity index (χ1) is 13.6. The van der Waals surface area contributed by atoms with E-state index in [4.69, 9.17) is 21.1 Å². The van der Waals surface area contributed by atoms with Crippen LogP contribution in [0.1, 0.15) is 34.3 Å². The van der Waals surface area contributed by atoms with Gasteiger partial charge in [0, 0.05) is 31.7 Å². The summed E-state index contributed by atoms with van der Waals surface area (Å²) in [5.74, 6) is 1.43. The van der Waals surface area contributed by atoms with Gasteiger partial charge in [-0.25, -0.2) is 0 Å². The number of rotatable bonds is 4. The molecule has 0 unspecified atom stereocenters. The number of hydrogen-bond donors (Lipinski definition) is 0. The van der Waals surface area contributed by atoms with Crippen molar-refractivity contribution in [3.8, 4) is 11.5 Å². The van der Waals surface area contributed by atoms with E-state index in [-0.39, 0.29) is 5.91 Å². The van der Waals surface area contributed by atoms with Gasteiger partial charge in [-0.15, -0.1) is 0 Å². The van der Waals surface area contributed by atoms with Crippen molar-refractivity contribution in [1.82, 2.24) is 4.90 Å². The lowest BCUT2D eigenvalue weighted by atomic mass is 9.98. The number of ether oxygens (including phenoxy) is 2. The fourth-order valence-corrected chi connectivity index (χ4v) is 4.39. The Kier molecular flexibility index (Phi) is 5.36. The molecule has 2 heterocycles. The molecule has 2 aliphatic heterocycles. The lowest BCUT2D eigenvalue weighted by Crippen LogP contribution is -2.36. The summed E-state index contributed by atoms with van der Waals surface area (Å²) in [5.41, 5.74) is 3.95. The van der Waals surface area contributed by atoms with E-state index in [1.165, 1.54) is 18.4 Å². The highest BCUT2D eigenvalue weighted by Gasteiger charge is 2.25. The third kappa shape index (κ3) is 3.51. The second kappa shape index (κ2) is 7.92. The predicted molar refractivity (Wildman–Crippen MR) is 111 cm³/mol. The van der Waals surface area contributed by atoms with E-state index in [1.54, 1.807) is 14.2 Å². The monoisotopic (exact) mass is 400 g/mol. The van der Waals surface area contributed by atoms with Gasteiger partial charge in [0.1, 0.15) is 0 Å². The molecule has 0 saturated carbocycles. The van der Waals surface area contributed by atoms with Crippen LogP contribution in [-0.4, -0.2) is 44.7 Å². The summed E-state index contributed by atoms with van der Waals surface area (Å²) in [6.07, 6.45) is 3.18. The Morgan fingerprint density at radius 1 is 0.964 bits per heavy atom. The van der Waals surface area contributed by atoms with Crippen molar-refractivity contribution in [3.63, 3.8) is 0 Å². The van der Waals surface area contributed by atoms with Crippen LogP contribution in [0.15, 0.2) is 30.3 Å². The minimum absolute atomic E-state index is 0.00954. The Hall–Kier alpha value is -2.40. The molecule has 2 aromatic rings. The molecule has 0 bridgehead atoms. The number of hydrogen-bond acceptors (Lipinski definition) is 4.